The summed E-state index contributed by atoms with van der Waals surface area (Å²) in [6.07, 6.45) is 7.84. The highest BCUT2D eigenvalue weighted by Crippen LogP contribution is 2.25. The highest BCUT2D eigenvalue weighted by atomic mass is 32.2. The van der Waals surface area contributed by atoms with E-state index in [4.69, 9.17) is 0 Å². The van der Waals surface area contributed by atoms with Crippen LogP contribution in [0.4, 0.5) is 0 Å². The second-order valence-corrected chi connectivity index (χ2v) is 8.10. The van der Waals surface area contributed by atoms with Crippen LogP contribution < -0.4 is 0 Å². The van der Waals surface area contributed by atoms with E-state index in [0.717, 1.165) is 55.4 Å². The van der Waals surface area contributed by atoms with Crippen molar-refractivity contribution in [3.63, 3.8) is 0 Å². The van der Waals surface area contributed by atoms with E-state index < -0.39 is 0 Å². The van der Waals surface area contributed by atoms with Crippen molar-refractivity contribution in [2.75, 3.05) is 18.8 Å². The first kappa shape index (κ1) is 19.6. The SMILES string of the molecule is O=C(CSc1nnc(-c2ccncc2)n1CCc1ccccc1)N1CCCCC1. The molecule has 0 unspecified atom stereocenters. The standard InChI is InChI=1S/C22H25N5OS/c28-20(26-14-5-2-6-15-26)17-29-22-25-24-21(19-9-12-23-13-10-19)27(22)16-11-18-7-3-1-4-8-18/h1,3-4,7-10,12-13H,2,5-6,11,14-17H2. The van der Waals surface area contributed by atoms with Gasteiger partial charge in [-0.05, 0) is 43.4 Å². The van der Waals surface area contributed by atoms with E-state index in [0.29, 0.717) is 5.75 Å². The van der Waals surface area contributed by atoms with Crippen molar-refractivity contribution in [1.82, 2.24) is 24.6 Å². The average molecular weight is 408 g/mol. The minimum atomic E-state index is 0.192. The third-order valence-electron chi connectivity index (χ3n) is 5.16. The molecule has 2 aromatic heterocycles. The first-order valence-corrected chi connectivity index (χ1v) is 11.1. The summed E-state index contributed by atoms with van der Waals surface area (Å²) in [5, 5.41) is 9.63. The van der Waals surface area contributed by atoms with Crippen molar-refractivity contribution in [1.29, 1.82) is 0 Å². The van der Waals surface area contributed by atoms with E-state index in [9.17, 15) is 4.79 Å². The Morgan fingerprint density at radius 1 is 0.966 bits per heavy atom. The van der Waals surface area contributed by atoms with Crippen LogP contribution >= 0.6 is 11.8 Å². The molecule has 1 fully saturated rings. The monoisotopic (exact) mass is 407 g/mol. The molecule has 1 aromatic carbocycles. The van der Waals surface area contributed by atoms with Gasteiger partial charge in [0.25, 0.3) is 0 Å². The van der Waals surface area contributed by atoms with Crippen LogP contribution in [0.2, 0.25) is 0 Å². The van der Waals surface area contributed by atoms with E-state index in [-0.39, 0.29) is 5.91 Å². The molecule has 150 valence electrons. The summed E-state index contributed by atoms with van der Waals surface area (Å²) >= 11 is 1.48. The van der Waals surface area contributed by atoms with Crippen LogP contribution in [0, 0.1) is 0 Å². The molecule has 0 bridgehead atoms. The molecule has 0 atom stereocenters. The number of aryl methyl sites for hydroxylation is 1. The number of pyridine rings is 1. The molecule has 7 heteroatoms. The predicted molar refractivity (Wildman–Crippen MR) is 115 cm³/mol. The molecule has 0 spiro atoms. The summed E-state index contributed by atoms with van der Waals surface area (Å²) in [5.41, 5.74) is 2.25. The highest BCUT2D eigenvalue weighted by molar-refractivity contribution is 7.99. The fourth-order valence-electron chi connectivity index (χ4n) is 3.56. The molecule has 1 aliphatic rings. The Morgan fingerprint density at radius 3 is 2.48 bits per heavy atom. The largest absolute Gasteiger partial charge is 0.342 e. The first-order chi connectivity index (χ1) is 14.3. The maximum absolute atomic E-state index is 12.6. The summed E-state index contributed by atoms with van der Waals surface area (Å²) in [6, 6.07) is 14.3. The van der Waals surface area contributed by atoms with Crippen LogP contribution in [0.5, 0.6) is 0 Å². The van der Waals surface area contributed by atoms with Gasteiger partial charge in [0, 0.05) is 37.6 Å². The average Bonchev–Trinajstić information content (AvgIpc) is 3.20. The fourth-order valence-corrected chi connectivity index (χ4v) is 4.43. The number of amides is 1. The number of nitrogens with zero attached hydrogens (tertiary/aromatic N) is 5. The molecule has 0 aliphatic carbocycles. The zero-order valence-electron chi connectivity index (χ0n) is 16.4. The Balaban J connectivity index is 1.51. The quantitative estimate of drug-likeness (QED) is 0.559. The molecule has 4 rings (SSSR count). The molecule has 0 radical (unpaired) electrons. The van der Waals surface area contributed by atoms with Gasteiger partial charge >= 0.3 is 0 Å². The van der Waals surface area contributed by atoms with Crippen molar-refractivity contribution in [2.45, 2.75) is 37.4 Å². The van der Waals surface area contributed by atoms with Crippen LogP contribution in [0.3, 0.4) is 0 Å². The number of aromatic nitrogens is 4. The molecule has 0 saturated carbocycles. The number of likely N-dealkylation sites (tertiary alicyclic amines) is 1. The number of carbonyl (C=O) groups is 1. The lowest BCUT2D eigenvalue weighted by molar-refractivity contribution is -0.129. The molecule has 1 saturated heterocycles. The van der Waals surface area contributed by atoms with Gasteiger partial charge in [-0.2, -0.15) is 0 Å². The van der Waals surface area contributed by atoms with Crippen molar-refractivity contribution in [3.05, 3.63) is 60.4 Å². The maximum atomic E-state index is 12.6. The van der Waals surface area contributed by atoms with Crippen LogP contribution in [-0.4, -0.2) is 49.4 Å². The van der Waals surface area contributed by atoms with Gasteiger partial charge in [-0.1, -0.05) is 42.1 Å². The summed E-state index contributed by atoms with van der Waals surface area (Å²) in [6.45, 7) is 2.51. The zero-order chi connectivity index (χ0) is 19.9. The lowest BCUT2D eigenvalue weighted by Crippen LogP contribution is -2.36. The third kappa shape index (κ3) is 5.03. The molecule has 3 heterocycles. The van der Waals surface area contributed by atoms with Crippen molar-refractivity contribution < 1.29 is 4.79 Å². The first-order valence-electron chi connectivity index (χ1n) is 10.1. The fraction of sp³-hybridized carbons (Fsp3) is 0.364. The maximum Gasteiger partial charge on any atom is 0.233 e. The number of benzene rings is 1. The summed E-state index contributed by atoms with van der Waals surface area (Å²) in [5.74, 6) is 1.41. The number of carbonyl (C=O) groups excluding carboxylic acids is 1. The van der Waals surface area contributed by atoms with Crippen LogP contribution in [-0.2, 0) is 17.8 Å². The van der Waals surface area contributed by atoms with Crippen LogP contribution in [0.25, 0.3) is 11.4 Å². The molecule has 3 aromatic rings. The van der Waals surface area contributed by atoms with E-state index in [2.05, 4.69) is 44.0 Å². The van der Waals surface area contributed by atoms with Crippen molar-refractivity contribution in [3.8, 4) is 11.4 Å². The van der Waals surface area contributed by atoms with Gasteiger partial charge in [0.1, 0.15) is 0 Å². The van der Waals surface area contributed by atoms with Crippen LogP contribution in [0.1, 0.15) is 24.8 Å². The van der Waals surface area contributed by atoms with Crippen molar-refractivity contribution in [2.24, 2.45) is 0 Å². The third-order valence-corrected chi connectivity index (χ3v) is 6.11. The Morgan fingerprint density at radius 2 is 1.72 bits per heavy atom. The second-order valence-electron chi connectivity index (χ2n) is 7.16. The molecule has 6 nitrogen and oxygen atoms in total. The van der Waals surface area contributed by atoms with Crippen molar-refractivity contribution >= 4 is 17.7 Å². The minimum Gasteiger partial charge on any atom is -0.342 e. The van der Waals surface area contributed by atoms with Gasteiger partial charge < -0.3 is 9.47 Å². The Hall–Kier alpha value is -2.67. The molecular weight excluding hydrogens is 382 g/mol. The molecule has 1 amide bonds. The smallest absolute Gasteiger partial charge is 0.233 e. The second kappa shape index (κ2) is 9.69. The van der Waals surface area contributed by atoms with E-state index >= 15 is 0 Å². The van der Waals surface area contributed by atoms with E-state index in [1.54, 1.807) is 12.4 Å². The number of rotatable bonds is 7. The number of piperidine rings is 1. The van der Waals surface area contributed by atoms with E-state index in [1.165, 1.54) is 23.7 Å². The Kier molecular flexibility index (Phi) is 6.56. The summed E-state index contributed by atoms with van der Waals surface area (Å²) in [4.78, 5) is 18.7. The van der Waals surface area contributed by atoms with Gasteiger partial charge in [0.15, 0.2) is 11.0 Å². The molecular formula is C22H25N5OS. The minimum absolute atomic E-state index is 0.192. The zero-order valence-corrected chi connectivity index (χ0v) is 17.2. The normalized spacial score (nSPS) is 14.1. The summed E-state index contributed by atoms with van der Waals surface area (Å²) in [7, 11) is 0. The van der Waals surface area contributed by atoms with Gasteiger partial charge in [-0.25, -0.2) is 0 Å². The predicted octanol–water partition coefficient (Wildman–Crippen LogP) is 3.69. The van der Waals surface area contributed by atoms with E-state index in [1.807, 2.05) is 23.1 Å². The van der Waals surface area contributed by atoms with Gasteiger partial charge in [-0.3, -0.25) is 9.78 Å². The van der Waals surface area contributed by atoms with Gasteiger partial charge in [-0.15, -0.1) is 10.2 Å². The van der Waals surface area contributed by atoms with Gasteiger partial charge in [0.05, 0.1) is 5.75 Å². The molecule has 1 aliphatic heterocycles. The lowest BCUT2D eigenvalue weighted by atomic mass is 10.1. The number of thioether (sulfide) groups is 1. The summed E-state index contributed by atoms with van der Waals surface area (Å²) < 4.78 is 2.12. The molecule has 0 N–H and O–H groups in total. The van der Waals surface area contributed by atoms with Gasteiger partial charge in [0.2, 0.25) is 5.91 Å². The Bertz CT molecular complexity index is 923. The lowest BCUT2D eigenvalue weighted by Gasteiger charge is -2.26. The van der Waals surface area contributed by atoms with Crippen LogP contribution in [0.15, 0.2) is 60.0 Å². The highest BCUT2D eigenvalue weighted by Gasteiger charge is 2.19. The number of hydrogen-bond acceptors (Lipinski definition) is 5. The molecule has 29 heavy (non-hydrogen) atoms. The topological polar surface area (TPSA) is 63.9 Å². The number of hydrogen-bond donors (Lipinski definition) is 0. The Labute approximate surface area is 175 Å².